The minimum atomic E-state index is 0.444. The molecule has 0 amide bonds. The van der Waals surface area contributed by atoms with Crippen LogP contribution in [0.5, 0.6) is 0 Å². The minimum Gasteiger partial charge on any atom is -0.375 e. The lowest BCUT2D eigenvalue weighted by Crippen LogP contribution is -2.44. The van der Waals surface area contributed by atoms with Crippen molar-refractivity contribution in [3.63, 3.8) is 0 Å². The fraction of sp³-hybridized carbons (Fsp3) is 1.00. The van der Waals surface area contributed by atoms with Crippen LogP contribution < -0.4 is 5.32 Å². The lowest BCUT2D eigenvalue weighted by atomic mass is 10.0. The van der Waals surface area contributed by atoms with Gasteiger partial charge in [0, 0.05) is 17.5 Å². The molecule has 2 atom stereocenters. The van der Waals surface area contributed by atoms with Gasteiger partial charge in [0.05, 0.1) is 12.7 Å². The van der Waals surface area contributed by atoms with Crippen molar-refractivity contribution in [2.75, 3.05) is 24.7 Å². The van der Waals surface area contributed by atoms with Crippen LogP contribution in [-0.4, -0.2) is 36.8 Å². The Morgan fingerprint density at radius 3 is 2.71 bits per heavy atom. The Hall–Kier alpha value is 0.270. The summed E-state index contributed by atoms with van der Waals surface area (Å²) >= 11 is 2.04. The Labute approximate surface area is 111 Å². The first-order valence-corrected chi connectivity index (χ1v) is 8.46. The monoisotopic (exact) mass is 259 g/mol. The van der Waals surface area contributed by atoms with Gasteiger partial charge in [-0.3, -0.25) is 0 Å². The fourth-order valence-electron chi connectivity index (χ4n) is 2.39. The molecule has 1 N–H and O–H groups in total. The molecule has 0 spiro atoms. The topological polar surface area (TPSA) is 21.3 Å². The maximum Gasteiger partial charge on any atom is 0.0818 e. The summed E-state index contributed by atoms with van der Waals surface area (Å²) in [5, 5.41) is 3.60. The van der Waals surface area contributed by atoms with Crippen LogP contribution in [0.15, 0.2) is 0 Å². The van der Waals surface area contributed by atoms with Gasteiger partial charge in [-0.15, -0.1) is 0 Å². The molecule has 2 nitrogen and oxygen atoms in total. The summed E-state index contributed by atoms with van der Waals surface area (Å²) in [4.78, 5) is 0. The Morgan fingerprint density at radius 1 is 1.24 bits per heavy atom. The molecular formula is C14H29NOS. The summed E-state index contributed by atoms with van der Waals surface area (Å²) in [7, 11) is 0. The van der Waals surface area contributed by atoms with Crippen LogP contribution in [0.2, 0.25) is 0 Å². The summed E-state index contributed by atoms with van der Waals surface area (Å²) in [5.74, 6) is 2.35. The zero-order chi connectivity index (χ0) is 12.3. The second kappa shape index (κ2) is 10.2. The third-order valence-electron chi connectivity index (χ3n) is 3.38. The second-order valence-corrected chi connectivity index (χ2v) is 6.00. The highest BCUT2D eigenvalue weighted by Gasteiger charge is 2.23. The fourth-order valence-corrected chi connectivity index (χ4v) is 3.33. The number of ether oxygens (including phenoxy) is 1. The highest BCUT2D eigenvalue weighted by Crippen LogP contribution is 2.19. The molecule has 3 heteroatoms. The molecule has 0 aromatic rings. The number of unbranched alkanes of at least 4 members (excludes halogenated alkanes) is 4. The van der Waals surface area contributed by atoms with E-state index in [2.05, 4.69) is 19.2 Å². The molecule has 1 aliphatic rings. The first kappa shape index (κ1) is 15.3. The third kappa shape index (κ3) is 6.68. The lowest BCUT2D eigenvalue weighted by Gasteiger charge is -2.30. The highest BCUT2D eigenvalue weighted by molar-refractivity contribution is 7.99. The van der Waals surface area contributed by atoms with Crippen LogP contribution in [0.25, 0.3) is 0 Å². The summed E-state index contributed by atoms with van der Waals surface area (Å²) in [6.07, 6.45) is 8.58. The minimum absolute atomic E-state index is 0.444. The van der Waals surface area contributed by atoms with Crippen molar-refractivity contribution in [3.8, 4) is 0 Å². The zero-order valence-electron chi connectivity index (χ0n) is 11.5. The standard InChI is InChI=1S/C14H29NOS/c1-3-5-6-7-8-9-13(15-4-2)14-12-17-11-10-16-14/h13-15H,3-12H2,1-2H3. The van der Waals surface area contributed by atoms with Crippen molar-refractivity contribution in [1.29, 1.82) is 0 Å². The average Bonchev–Trinajstić information content (AvgIpc) is 2.38. The van der Waals surface area contributed by atoms with Gasteiger partial charge < -0.3 is 10.1 Å². The van der Waals surface area contributed by atoms with Gasteiger partial charge in [0.15, 0.2) is 0 Å². The van der Waals surface area contributed by atoms with Gasteiger partial charge in [-0.2, -0.15) is 11.8 Å². The van der Waals surface area contributed by atoms with Gasteiger partial charge in [0.1, 0.15) is 0 Å². The Bertz CT molecular complexity index is 172. The molecule has 0 saturated carbocycles. The Kier molecular flexibility index (Phi) is 9.21. The summed E-state index contributed by atoms with van der Waals surface area (Å²) in [5.41, 5.74) is 0. The molecule has 1 fully saturated rings. The van der Waals surface area contributed by atoms with Crippen LogP contribution in [0, 0.1) is 0 Å². The van der Waals surface area contributed by atoms with Crippen molar-refractivity contribution in [2.45, 2.75) is 64.5 Å². The largest absolute Gasteiger partial charge is 0.375 e. The van der Waals surface area contributed by atoms with Crippen molar-refractivity contribution in [1.82, 2.24) is 5.32 Å². The van der Waals surface area contributed by atoms with E-state index in [-0.39, 0.29) is 0 Å². The van der Waals surface area contributed by atoms with Crippen LogP contribution in [0.4, 0.5) is 0 Å². The predicted octanol–water partition coefficient (Wildman–Crippen LogP) is 3.46. The quantitative estimate of drug-likeness (QED) is 0.641. The smallest absolute Gasteiger partial charge is 0.0818 e. The van der Waals surface area contributed by atoms with Crippen LogP contribution in [0.1, 0.15) is 52.4 Å². The highest BCUT2D eigenvalue weighted by atomic mass is 32.2. The van der Waals surface area contributed by atoms with E-state index in [0.717, 1.165) is 13.2 Å². The van der Waals surface area contributed by atoms with Gasteiger partial charge in [0.25, 0.3) is 0 Å². The van der Waals surface area contributed by atoms with E-state index in [4.69, 9.17) is 4.74 Å². The van der Waals surface area contributed by atoms with E-state index in [1.54, 1.807) is 0 Å². The van der Waals surface area contributed by atoms with Crippen LogP contribution in [-0.2, 0) is 4.74 Å². The van der Waals surface area contributed by atoms with Gasteiger partial charge in [0.2, 0.25) is 0 Å². The van der Waals surface area contributed by atoms with Crippen molar-refractivity contribution < 1.29 is 4.74 Å². The first-order chi connectivity index (χ1) is 8.38. The van der Waals surface area contributed by atoms with Gasteiger partial charge >= 0.3 is 0 Å². The zero-order valence-corrected chi connectivity index (χ0v) is 12.4. The molecule has 0 radical (unpaired) electrons. The van der Waals surface area contributed by atoms with E-state index < -0.39 is 0 Å². The lowest BCUT2D eigenvalue weighted by molar-refractivity contribution is 0.0445. The summed E-state index contributed by atoms with van der Waals surface area (Å²) < 4.78 is 5.89. The number of likely N-dealkylation sites (N-methyl/N-ethyl adjacent to an activating group) is 1. The van der Waals surface area contributed by atoms with E-state index in [0.29, 0.717) is 12.1 Å². The van der Waals surface area contributed by atoms with Gasteiger partial charge in [-0.25, -0.2) is 0 Å². The van der Waals surface area contributed by atoms with Gasteiger partial charge in [-0.1, -0.05) is 46.0 Å². The molecule has 0 aromatic heterocycles. The number of rotatable bonds is 9. The van der Waals surface area contributed by atoms with Crippen molar-refractivity contribution in [2.24, 2.45) is 0 Å². The Balaban J connectivity index is 2.17. The molecule has 1 aliphatic heterocycles. The molecular weight excluding hydrogens is 230 g/mol. The molecule has 0 aromatic carbocycles. The van der Waals surface area contributed by atoms with Crippen LogP contribution >= 0.6 is 11.8 Å². The number of hydrogen-bond acceptors (Lipinski definition) is 3. The van der Waals surface area contributed by atoms with Crippen molar-refractivity contribution in [3.05, 3.63) is 0 Å². The molecule has 1 heterocycles. The number of nitrogens with one attached hydrogen (secondary N) is 1. The normalized spacial score (nSPS) is 22.6. The summed E-state index contributed by atoms with van der Waals surface area (Å²) in [6, 6.07) is 0.578. The first-order valence-electron chi connectivity index (χ1n) is 7.31. The maximum atomic E-state index is 5.89. The van der Waals surface area contributed by atoms with E-state index in [9.17, 15) is 0 Å². The number of hydrogen-bond donors (Lipinski definition) is 1. The molecule has 17 heavy (non-hydrogen) atoms. The van der Waals surface area contributed by atoms with Crippen LogP contribution in [0.3, 0.4) is 0 Å². The SMILES string of the molecule is CCCCCCCC(NCC)C1CSCCO1. The maximum absolute atomic E-state index is 5.89. The summed E-state index contributed by atoms with van der Waals surface area (Å²) in [6.45, 7) is 6.46. The van der Waals surface area contributed by atoms with E-state index in [1.807, 2.05) is 11.8 Å². The molecule has 0 aliphatic carbocycles. The molecule has 0 bridgehead atoms. The molecule has 2 unspecified atom stereocenters. The van der Waals surface area contributed by atoms with E-state index >= 15 is 0 Å². The molecule has 102 valence electrons. The van der Waals surface area contributed by atoms with Gasteiger partial charge in [-0.05, 0) is 13.0 Å². The average molecular weight is 259 g/mol. The molecule has 1 saturated heterocycles. The predicted molar refractivity (Wildman–Crippen MR) is 77.9 cm³/mol. The second-order valence-electron chi connectivity index (χ2n) is 4.85. The Morgan fingerprint density at radius 2 is 2.06 bits per heavy atom. The van der Waals surface area contributed by atoms with E-state index in [1.165, 1.54) is 50.0 Å². The third-order valence-corrected chi connectivity index (χ3v) is 4.40. The molecule has 1 rings (SSSR count). The van der Waals surface area contributed by atoms with Crippen molar-refractivity contribution >= 4 is 11.8 Å². The number of thioether (sulfide) groups is 1.